The SMILES string of the molecule is CCCOC(=O)Cc1ccc(OCC(=O)N(CC)CCC)c(OCC)c1. The summed E-state index contributed by atoms with van der Waals surface area (Å²) in [5, 5.41) is 0. The first-order valence-electron chi connectivity index (χ1n) is 9.37. The second-order valence-corrected chi connectivity index (χ2v) is 5.87. The molecule has 0 aromatic heterocycles. The van der Waals surface area contributed by atoms with Crippen molar-refractivity contribution in [3.63, 3.8) is 0 Å². The zero-order valence-electron chi connectivity index (χ0n) is 16.4. The van der Waals surface area contributed by atoms with Crippen LogP contribution in [0.5, 0.6) is 11.5 Å². The number of hydrogen-bond acceptors (Lipinski definition) is 5. The highest BCUT2D eigenvalue weighted by atomic mass is 16.5. The molecular formula is C20H31NO5. The van der Waals surface area contributed by atoms with E-state index in [1.165, 1.54) is 0 Å². The summed E-state index contributed by atoms with van der Waals surface area (Å²) in [4.78, 5) is 25.7. The number of likely N-dealkylation sites (N-methyl/N-ethyl adjacent to an activating group) is 1. The summed E-state index contributed by atoms with van der Waals surface area (Å²) in [6, 6.07) is 5.29. The van der Waals surface area contributed by atoms with Crippen LogP contribution in [0, 0.1) is 0 Å². The molecule has 0 fully saturated rings. The van der Waals surface area contributed by atoms with Crippen LogP contribution in [0.2, 0.25) is 0 Å². The topological polar surface area (TPSA) is 65.1 Å². The number of benzene rings is 1. The second-order valence-electron chi connectivity index (χ2n) is 5.87. The fraction of sp³-hybridized carbons (Fsp3) is 0.600. The smallest absolute Gasteiger partial charge is 0.310 e. The molecule has 0 aliphatic heterocycles. The van der Waals surface area contributed by atoms with Crippen molar-refractivity contribution in [2.24, 2.45) is 0 Å². The molecule has 146 valence electrons. The maximum atomic E-state index is 12.2. The Morgan fingerprint density at radius 2 is 1.77 bits per heavy atom. The Morgan fingerprint density at radius 1 is 1.00 bits per heavy atom. The average molecular weight is 365 g/mol. The van der Waals surface area contributed by atoms with Gasteiger partial charge in [-0.05, 0) is 44.4 Å². The number of carbonyl (C=O) groups is 2. The van der Waals surface area contributed by atoms with Gasteiger partial charge in [0.05, 0.1) is 19.6 Å². The van der Waals surface area contributed by atoms with Crippen molar-refractivity contribution in [1.82, 2.24) is 4.90 Å². The maximum absolute atomic E-state index is 12.2. The zero-order valence-corrected chi connectivity index (χ0v) is 16.4. The van der Waals surface area contributed by atoms with Crippen LogP contribution in [0.4, 0.5) is 0 Å². The van der Waals surface area contributed by atoms with Crippen LogP contribution >= 0.6 is 0 Å². The van der Waals surface area contributed by atoms with Crippen molar-refractivity contribution in [3.05, 3.63) is 23.8 Å². The Hall–Kier alpha value is -2.24. The summed E-state index contributed by atoms with van der Waals surface area (Å²) in [6.45, 7) is 10.0. The Labute approximate surface area is 156 Å². The van der Waals surface area contributed by atoms with Gasteiger partial charge in [0.15, 0.2) is 18.1 Å². The summed E-state index contributed by atoms with van der Waals surface area (Å²) < 4.78 is 16.4. The van der Waals surface area contributed by atoms with Crippen molar-refractivity contribution in [2.75, 3.05) is 32.9 Å². The number of rotatable bonds is 12. The first-order chi connectivity index (χ1) is 12.5. The minimum Gasteiger partial charge on any atom is -0.490 e. The van der Waals surface area contributed by atoms with E-state index >= 15 is 0 Å². The van der Waals surface area contributed by atoms with E-state index in [0.29, 0.717) is 31.3 Å². The first kappa shape index (κ1) is 21.8. The van der Waals surface area contributed by atoms with Gasteiger partial charge in [-0.25, -0.2) is 0 Å². The number of esters is 1. The molecule has 0 saturated heterocycles. The minimum atomic E-state index is -0.267. The zero-order chi connectivity index (χ0) is 19.4. The van der Waals surface area contributed by atoms with Gasteiger partial charge >= 0.3 is 5.97 Å². The maximum Gasteiger partial charge on any atom is 0.310 e. The average Bonchev–Trinajstić information content (AvgIpc) is 2.63. The molecule has 0 unspecified atom stereocenters. The molecule has 0 aliphatic rings. The van der Waals surface area contributed by atoms with Crippen LogP contribution in [-0.2, 0) is 20.7 Å². The third-order valence-corrected chi connectivity index (χ3v) is 3.70. The van der Waals surface area contributed by atoms with Gasteiger partial charge in [-0.15, -0.1) is 0 Å². The highest BCUT2D eigenvalue weighted by Crippen LogP contribution is 2.29. The molecule has 1 rings (SSSR count). The molecule has 0 N–H and O–H groups in total. The summed E-state index contributed by atoms with van der Waals surface area (Å²) in [7, 11) is 0. The molecule has 1 aromatic carbocycles. The molecule has 0 saturated carbocycles. The van der Waals surface area contributed by atoms with E-state index in [2.05, 4.69) is 0 Å². The van der Waals surface area contributed by atoms with Gasteiger partial charge in [-0.2, -0.15) is 0 Å². The molecular weight excluding hydrogens is 334 g/mol. The Balaban J connectivity index is 2.75. The Bertz CT molecular complexity index is 573. The molecule has 0 bridgehead atoms. The fourth-order valence-corrected chi connectivity index (χ4v) is 2.44. The van der Waals surface area contributed by atoms with Gasteiger partial charge in [-0.1, -0.05) is 19.9 Å². The van der Waals surface area contributed by atoms with Gasteiger partial charge in [0.25, 0.3) is 5.91 Å². The monoisotopic (exact) mass is 365 g/mol. The summed E-state index contributed by atoms with van der Waals surface area (Å²) in [6.07, 6.45) is 1.88. The van der Waals surface area contributed by atoms with E-state index in [9.17, 15) is 9.59 Å². The van der Waals surface area contributed by atoms with E-state index in [-0.39, 0.29) is 24.9 Å². The van der Waals surface area contributed by atoms with Gasteiger partial charge in [0.1, 0.15) is 0 Å². The molecule has 0 aliphatic carbocycles. The van der Waals surface area contributed by atoms with Crippen molar-refractivity contribution in [3.8, 4) is 11.5 Å². The number of nitrogens with zero attached hydrogens (tertiary/aromatic N) is 1. The lowest BCUT2D eigenvalue weighted by Gasteiger charge is -2.20. The summed E-state index contributed by atoms with van der Waals surface area (Å²) in [5.74, 6) is 0.707. The molecule has 0 radical (unpaired) electrons. The van der Waals surface area contributed by atoms with Crippen molar-refractivity contribution < 1.29 is 23.8 Å². The summed E-state index contributed by atoms with van der Waals surface area (Å²) in [5.41, 5.74) is 0.786. The third-order valence-electron chi connectivity index (χ3n) is 3.70. The van der Waals surface area contributed by atoms with E-state index in [1.54, 1.807) is 23.1 Å². The van der Waals surface area contributed by atoms with Crippen LogP contribution in [0.25, 0.3) is 0 Å². The standard InChI is InChI=1S/C20H31NO5/c1-5-11-21(7-3)19(22)15-26-17-10-9-16(13-18(17)24-8-4)14-20(23)25-12-6-2/h9-10,13H,5-8,11-12,14-15H2,1-4H3. The third kappa shape index (κ3) is 7.33. The quantitative estimate of drug-likeness (QED) is 0.532. The molecule has 26 heavy (non-hydrogen) atoms. The number of hydrogen-bond donors (Lipinski definition) is 0. The molecule has 0 spiro atoms. The molecule has 6 nitrogen and oxygen atoms in total. The first-order valence-corrected chi connectivity index (χ1v) is 9.37. The van der Waals surface area contributed by atoms with E-state index in [4.69, 9.17) is 14.2 Å². The normalized spacial score (nSPS) is 10.3. The number of carbonyl (C=O) groups excluding carboxylic acids is 2. The molecule has 1 aromatic rings. The van der Waals surface area contributed by atoms with E-state index < -0.39 is 0 Å². The van der Waals surface area contributed by atoms with E-state index in [1.807, 2.05) is 27.7 Å². The van der Waals surface area contributed by atoms with Gasteiger partial charge in [0.2, 0.25) is 0 Å². The van der Waals surface area contributed by atoms with Crippen LogP contribution in [0.3, 0.4) is 0 Å². The number of amides is 1. The largest absolute Gasteiger partial charge is 0.490 e. The second kappa shape index (κ2) is 12.2. The van der Waals surface area contributed by atoms with E-state index in [0.717, 1.165) is 24.9 Å². The molecule has 6 heteroatoms. The highest BCUT2D eigenvalue weighted by molar-refractivity contribution is 5.78. The number of ether oxygens (including phenoxy) is 3. The highest BCUT2D eigenvalue weighted by Gasteiger charge is 2.14. The lowest BCUT2D eigenvalue weighted by atomic mass is 10.1. The fourth-order valence-electron chi connectivity index (χ4n) is 2.44. The van der Waals surface area contributed by atoms with Crippen LogP contribution < -0.4 is 9.47 Å². The summed E-state index contributed by atoms with van der Waals surface area (Å²) >= 11 is 0. The molecule has 1 amide bonds. The Morgan fingerprint density at radius 3 is 2.38 bits per heavy atom. The van der Waals surface area contributed by atoms with Crippen LogP contribution in [0.1, 0.15) is 46.1 Å². The van der Waals surface area contributed by atoms with Gasteiger partial charge < -0.3 is 19.1 Å². The molecule has 0 atom stereocenters. The van der Waals surface area contributed by atoms with Crippen molar-refractivity contribution >= 4 is 11.9 Å². The minimum absolute atomic E-state index is 0.0359. The van der Waals surface area contributed by atoms with Crippen LogP contribution in [0.15, 0.2) is 18.2 Å². The van der Waals surface area contributed by atoms with Gasteiger partial charge in [-0.3, -0.25) is 9.59 Å². The van der Waals surface area contributed by atoms with Crippen LogP contribution in [-0.4, -0.2) is 49.7 Å². The Kier molecular flexibility index (Phi) is 10.2. The van der Waals surface area contributed by atoms with Gasteiger partial charge in [0, 0.05) is 13.1 Å². The molecule has 0 heterocycles. The predicted octanol–water partition coefficient (Wildman–Crippen LogP) is 3.22. The van der Waals surface area contributed by atoms with Crippen molar-refractivity contribution in [1.29, 1.82) is 0 Å². The van der Waals surface area contributed by atoms with Crippen molar-refractivity contribution in [2.45, 2.75) is 47.0 Å². The lowest BCUT2D eigenvalue weighted by molar-refractivity contribution is -0.142. The lowest BCUT2D eigenvalue weighted by Crippen LogP contribution is -2.35. The predicted molar refractivity (Wildman–Crippen MR) is 101 cm³/mol.